The first-order valence-electron chi connectivity index (χ1n) is 8.36. The predicted octanol–water partition coefficient (Wildman–Crippen LogP) is 5.31. The van der Waals surface area contributed by atoms with Crippen molar-refractivity contribution < 1.29 is 4.79 Å². The molecular formula is C21H22N2O. The minimum atomic E-state index is -0.0903. The third-order valence-electron chi connectivity index (χ3n) is 4.44. The smallest absolute Gasteiger partial charge is 0.256 e. The summed E-state index contributed by atoms with van der Waals surface area (Å²) < 4.78 is 0. The van der Waals surface area contributed by atoms with Crippen LogP contribution in [0.15, 0.2) is 54.6 Å². The molecule has 1 amide bonds. The van der Waals surface area contributed by atoms with Crippen LogP contribution in [0.1, 0.15) is 47.8 Å². The molecule has 3 nitrogen and oxygen atoms in total. The Morgan fingerprint density at radius 1 is 1.12 bits per heavy atom. The fraction of sp³-hybridized carbons (Fsp3) is 0.238. The van der Waals surface area contributed by atoms with Gasteiger partial charge in [-0.25, -0.2) is 0 Å². The van der Waals surface area contributed by atoms with E-state index in [1.54, 1.807) is 0 Å². The van der Waals surface area contributed by atoms with E-state index in [0.29, 0.717) is 11.5 Å². The molecule has 0 spiro atoms. The summed E-state index contributed by atoms with van der Waals surface area (Å²) in [5.41, 5.74) is 4.41. The molecule has 24 heavy (non-hydrogen) atoms. The number of hydrogen-bond acceptors (Lipinski definition) is 2. The standard InChI is InChI=1S/C21H22N2O/c1-4-14(2)16-9-5-7-11-19(16)23-21(24)18-13-15(3)22-20-12-8-6-10-17(18)20/h5-14H,4H2,1-3H3,(H,23,24)/t14-/m0/s1. The van der Waals surface area contributed by atoms with Crippen molar-refractivity contribution in [2.24, 2.45) is 0 Å². The van der Waals surface area contributed by atoms with Crippen LogP contribution in [0.5, 0.6) is 0 Å². The van der Waals surface area contributed by atoms with Crippen molar-refractivity contribution in [1.82, 2.24) is 4.98 Å². The zero-order valence-corrected chi connectivity index (χ0v) is 14.3. The summed E-state index contributed by atoms with van der Waals surface area (Å²) in [5.74, 6) is 0.310. The molecule has 122 valence electrons. The van der Waals surface area contributed by atoms with Gasteiger partial charge in [-0.15, -0.1) is 0 Å². The molecule has 0 bridgehead atoms. The Labute approximate surface area is 142 Å². The van der Waals surface area contributed by atoms with Crippen molar-refractivity contribution in [3.63, 3.8) is 0 Å². The van der Waals surface area contributed by atoms with E-state index in [1.165, 1.54) is 5.56 Å². The Morgan fingerprint density at radius 2 is 1.83 bits per heavy atom. The maximum Gasteiger partial charge on any atom is 0.256 e. The highest BCUT2D eigenvalue weighted by Crippen LogP contribution is 2.27. The van der Waals surface area contributed by atoms with E-state index in [9.17, 15) is 4.79 Å². The number of nitrogens with one attached hydrogen (secondary N) is 1. The zero-order chi connectivity index (χ0) is 17.1. The Balaban J connectivity index is 2.00. The number of aromatic nitrogens is 1. The monoisotopic (exact) mass is 318 g/mol. The number of amides is 1. The van der Waals surface area contributed by atoms with Crippen LogP contribution < -0.4 is 5.32 Å². The second kappa shape index (κ2) is 6.83. The van der Waals surface area contributed by atoms with Crippen molar-refractivity contribution in [3.05, 3.63) is 71.4 Å². The summed E-state index contributed by atoms with van der Waals surface area (Å²) in [4.78, 5) is 17.4. The minimum absolute atomic E-state index is 0.0903. The number of anilines is 1. The molecule has 1 atom stereocenters. The van der Waals surface area contributed by atoms with Gasteiger partial charge in [-0.2, -0.15) is 0 Å². The molecule has 0 radical (unpaired) electrons. The molecule has 3 heteroatoms. The first-order chi connectivity index (χ1) is 11.6. The predicted molar refractivity (Wildman–Crippen MR) is 99.6 cm³/mol. The number of nitrogens with zero attached hydrogens (tertiary/aromatic N) is 1. The molecule has 1 heterocycles. The van der Waals surface area contributed by atoms with Crippen LogP contribution in [0.4, 0.5) is 5.69 Å². The van der Waals surface area contributed by atoms with Gasteiger partial charge in [0.25, 0.3) is 5.91 Å². The Bertz CT molecular complexity index is 886. The molecule has 0 saturated heterocycles. The number of carbonyl (C=O) groups excluding carboxylic acids is 1. The van der Waals surface area contributed by atoms with Crippen molar-refractivity contribution in [3.8, 4) is 0 Å². The maximum absolute atomic E-state index is 12.9. The largest absolute Gasteiger partial charge is 0.322 e. The molecular weight excluding hydrogens is 296 g/mol. The number of rotatable bonds is 4. The van der Waals surface area contributed by atoms with Gasteiger partial charge in [0.05, 0.1) is 11.1 Å². The van der Waals surface area contributed by atoms with E-state index in [2.05, 4.69) is 30.2 Å². The highest BCUT2D eigenvalue weighted by Gasteiger charge is 2.15. The molecule has 0 aliphatic rings. The van der Waals surface area contributed by atoms with E-state index in [-0.39, 0.29) is 5.91 Å². The average Bonchev–Trinajstić information content (AvgIpc) is 2.60. The van der Waals surface area contributed by atoms with Crippen LogP contribution in [0.25, 0.3) is 10.9 Å². The lowest BCUT2D eigenvalue weighted by molar-refractivity contribution is 0.102. The molecule has 2 aromatic carbocycles. The third kappa shape index (κ3) is 3.16. The lowest BCUT2D eigenvalue weighted by Crippen LogP contribution is -2.15. The van der Waals surface area contributed by atoms with Gasteiger partial charge in [0.2, 0.25) is 0 Å². The topological polar surface area (TPSA) is 42.0 Å². The first kappa shape index (κ1) is 16.2. The van der Waals surface area contributed by atoms with Gasteiger partial charge in [-0.05, 0) is 43.0 Å². The fourth-order valence-corrected chi connectivity index (χ4v) is 2.95. The van der Waals surface area contributed by atoms with Crippen molar-refractivity contribution in [1.29, 1.82) is 0 Å². The highest BCUT2D eigenvalue weighted by molar-refractivity contribution is 6.12. The quantitative estimate of drug-likeness (QED) is 0.708. The molecule has 3 rings (SSSR count). The van der Waals surface area contributed by atoms with Crippen LogP contribution >= 0.6 is 0 Å². The highest BCUT2D eigenvalue weighted by atomic mass is 16.1. The maximum atomic E-state index is 12.9. The van der Waals surface area contributed by atoms with Crippen molar-refractivity contribution >= 4 is 22.5 Å². The summed E-state index contributed by atoms with van der Waals surface area (Å²) in [7, 11) is 0. The van der Waals surface area contributed by atoms with Gasteiger partial charge in [0.15, 0.2) is 0 Å². The number of fused-ring (bicyclic) bond motifs is 1. The van der Waals surface area contributed by atoms with E-state index < -0.39 is 0 Å². The molecule has 0 unspecified atom stereocenters. The van der Waals surface area contributed by atoms with Crippen molar-refractivity contribution in [2.75, 3.05) is 5.32 Å². The third-order valence-corrected chi connectivity index (χ3v) is 4.44. The van der Waals surface area contributed by atoms with Crippen LogP contribution in [0.3, 0.4) is 0 Å². The van der Waals surface area contributed by atoms with Gasteiger partial charge < -0.3 is 5.32 Å². The lowest BCUT2D eigenvalue weighted by Gasteiger charge is -2.16. The van der Waals surface area contributed by atoms with Crippen LogP contribution in [0, 0.1) is 6.92 Å². The number of carbonyl (C=O) groups is 1. The molecule has 0 aliphatic carbocycles. The summed E-state index contributed by atoms with van der Waals surface area (Å²) in [6, 6.07) is 17.6. The molecule has 1 aromatic heterocycles. The first-order valence-corrected chi connectivity index (χ1v) is 8.36. The normalized spacial score (nSPS) is 12.1. The number of benzene rings is 2. The molecule has 0 saturated carbocycles. The van der Waals surface area contributed by atoms with E-state index in [4.69, 9.17) is 0 Å². The van der Waals surface area contributed by atoms with Crippen LogP contribution in [-0.2, 0) is 0 Å². The van der Waals surface area contributed by atoms with Gasteiger partial charge >= 0.3 is 0 Å². The summed E-state index contributed by atoms with van der Waals surface area (Å²) in [5, 5.41) is 3.97. The van der Waals surface area contributed by atoms with E-state index in [1.807, 2.05) is 55.5 Å². The lowest BCUT2D eigenvalue weighted by atomic mass is 9.96. The number of pyridine rings is 1. The van der Waals surface area contributed by atoms with E-state index >= 15 is 0 Å². The number of hydrogen-bond donors (Lipinski definition) is 1. The Morgan fingerprint density at radius 3 is 2.62 bits per heavy atom. The van der Waals surface area contributed by atoms with E-state index in [0.717, 1.165) is 28.7 Å². The Hall–Kier alpha value is -2.68. The molecule has 0 aliphatic heterocycles. The van der Waals surface area contributed by atoms with Gasteiger partial charge in [-0.1, -0.05) is 50.2 Å². The van der Waals surface area contributed by atoms with Crippen LogP contribution in [-0.4, -0.2) is 10.9 Å². The van der Waals surface area contributed by atoms with Gasteiger partial charge in [0.1, 0.15) is 0 Å². The minimum Gasteiger partial charge on any atom is -0.322 e. The summed E-state index contributed by atoms with van der Waals surface area (Å²) in [6.45, 7) is 6.25. The Kier molecular flexibility index (Phi) is 4.61. The van der Waals surface area contributed by atoms with Crippen molar-refractivity contribution in [2.45, 2.75) is 33.1 Å². The van der Waals surface area contributed by atoms with Crippen LogP contribution in [0.2, 0.25) is 0 Å². The molecule has 3 aromatic rings. The van der Waals surface area contributed by atoms with Gasteiger partial charge in [-0.3, -0.25) is 9.78 Å². The average molecular weight is 318 g/mol. The second-order valence-corrected chi connectivity index (χ2v) is 6.18. The molecule has 1 N–H and O–H groups in total. The fourth-order valence-electron chi connectivity index (χ4n) is 2.95. The molecule has 0 fully saturated rings. The second-order valence-electron chi connectivity index (χ2n) is 6.18. The summed E-state index contributed by atoms with van der Waals surface area (Å²) >= 11 is 0. The SMILES string of the molecule is CC[C@H](C)c1ccccc1NC(=O)c1cc(C)nc2ccccc12. The number of aryl methyl sites for hydroxylation is 1. The summed E-state index contributed by atoms with van der Waals surface area (Å²) in [6.07, 6.45) is 1.03. The zero-order valence-electron chi connectivity index (χ0n) is 14.3. The van der Waals surface area contributed by atoms with Gasteiger partial charge in [0, 0.05) is 16.8 Å². The number of para-hydroxylation sites is 2.